The van der Waals surface area contributed by atoms with Crippen LogP contribution in [0.5, 0.6) is 0 Å². The molecule has 1 aromatic carbocycles. The van der Waals surface area contributed by atoms with Gasteiger partial charge in [-0.25, -0.2) is 22.1 Å². The fourth-order valence-electron chi connectivity index (χ4n) is 2.26. The molecule has 2 rings (SSSR count). The van der Waals surface area contributed by atoms with Crippen LogP contribution in [-0.4, -0.2) is 67.6 Å². The Morgan fingerprint density at radius 3 is 2.65 bits per heavy atom. The number of sulfonamides is 1. The minimum Gasteiger partial charge on any atom is -0.342 e. The molecule has 0 saturated carbocycles. The van der Waals surface area contributed by atoms with Gasteiger partial charge < -0.3 is 9.88 Å². The van der Waals surface area contributed by atoms with Crippen LogP contribution in [0.1, 0.15) is 12.2 Å². The average molecular weight is 342 g/mol. The van der Waals surface area contributed by atoms with Crippen molar-refractivity contribution < 1.29 is 12.8 Å². The first-order valence-corrected chi connectivity index (χ1v) is 9.12. The van der Waals surface area contributed by atoms with Gasteiger partial charge in [-0.1, -0.05) is 0 Å². The summed E-state index contributed by atoms with van der Waals surface area (Å²) in [5, 5.41) is 0. The van der Waals surface area contributed by atoms with Gasteiger partial charge in [-0.3, -0.25) is 0 Å². The molecule has 0 aliphatic rings. The molecule has 23 heavy (non-hydrogen) atoms. The summed E-state index contributed by atoms with van der Waals surface area (Å²) in [5.74, 6) is 0.666. The summed E-state index contributed by atoms with van der Waals surface area (Å²) >= 11 is 0. The van der Waals surface area contributed by atoms with Crippen LogP contribution in [0.3, 0.4) is 0 Å². The standard InChI is InChI=1S/C15H23FN4O2S/c1-19(2)23(21,22)10-4-8-20(3)9-7-15-17-13-6-5-12(16)11-14(13)18-15/h5-6,11H,4,7-10H2,1-3H3,(H,17,18). The van der Waals surface area contributed by atoms with Gasteiger partial charge in [-0.2, -0.15) is 0 Å². The van der Waals surface area contributed by atoms with Crippen molar-refractivity contribution in [3.8, 4) is 0 Å². The number of aromatic amines is 1. The molecule has 0 spiro atoms. The monoisotopic (exact) mass is 342 g/mol. The molecule has 0 aliphatic heterocycles. The van der Waals surface area contributed by atoms with Crippen LogP contribution in [0.25, 0.3) is 11.0 Å². The highest BCUT2D eigenvalue weighted by Crippen LogP contribution is 2.13. The van der Waals surface area contributed by atoms with E-state index in [2.05, 4.69) is 14.9 Å². The first kappa shape index (κ1) is 17.8. The van der Waals surface area contributed by atoms with Gasteiger partial charge in [0.05, 0.1) is 16.8 Å². The Hall–Kier alpha value is -1.51. The number of hydrogen-bond donors (Lipinski definition) is 1. The smallest absolute Gasteiger partial charge is 0.213 e. The highest BCUT2D eigenvalue weighted by Gasteiger charge is 2.13. The minimum atomic E-state index is -3.13. The lowest BCUT2D eigenvalue weighted by Crippen LogP contribution is -2.29. The number of aromatic nitrogens is 2. The van der Waals surface area contributed by atoms with Gasteiger partial charge in [0, 0.05) is 27.1 Å². The number of nitrogens with one attached hydrogen (secondary N) is 1. The number of rotatable bonds is 8. The molecule has 0 saturated heterocycles. The Balaban J connectivity index is 1.80. The summed E-state index contributed by atoms with van der Waals surface area (Å²) in [6.45, 7) is 1.45. The van der Waals surface area contributed by atoms with Crippen molar-refractivity contribution in [2.45, 2.75) is 12.8 Å². The zero-order valence-corrected chi connectivity index (χ0v) is 14.5. The van der Waals surface area contributed by atoms with Gasteiger partial charge in [0.15, 0.2) is 0 Å². The Morgan fingerprint density at radius 1 is 1.22 bits per heavy atom. The van der Waals surface area contributed by atoms with Crippen molar-refractivity contribution in [2.75, 3.05) is 40.0 Å². The molecule has 1 heterocycles. The van der Waals surface area contributed by atoms with Crippen molar-refractivity contribution in [3.63, 3.8) is 0 Å². The van der Waals surface area contributed by atoms with E-state index in [1.807, 2.05) is 7.05 Å². The minimum absolute atomic E-state index is 0.147. The predicted molar refractivity (Wildman–Crippen MR) is 89.3 cm³/mol. The van der Waals surface area contributed by atoms with E-state index < -0.39 is 10.0 Å². The quantitative estimate of drug-likeness (QED) is 0.788. The van der Waals surface area contributed by atoms with Crippen LogP contribution in [0.2, 0.25) is 0 Å². The zero-order valence-electron chi connectivity index (χ0n) is 13.7. The second-order valence-corrected chi connectivity index (χ2v) is 8.15. The number of likely N-dealkylation sites (N-methyl/N-ethyl adjacent to an activating group) is 1. The first-order valence-electron chi connectivity index (χ1n) is 7.51. The number of halogens is 1. The number of fused-ring (bicyclic) bond motifs is 1. The van der Waals surface area contributed by atoms with E-state index >= 15 is 0 Å². The van der Waals surface area contributed by atoms with Crippen LogP contribution in [0.4, 0.5) is 4.39 Å². The Labute approximate surface area is 136 Å². The number of nitrogens with zero attached hydrogens (tertiary/aromatic N) is 3. The maximum absolute atomic E-state index is 13.1. The first-order chi connectivity index (χ1) is 10.8. The SMILES string of the molecule is CN(CCCS(=O)(=O)N(C)C)CCc1nc2ccc(F)cc2[nH]1. The van der Waals surface area contributed by atoms with Crippen LogP contribution in [-0.2, 0) is 16.4 Å². The topological polar surface area (TPSA) is 69.3 Å². The summed E-state index contributed by atoms with van der Waals surface area (Å²) in [4.78, 5) is 9.59. The molecule has 6 nitrogen and oxygen atoms in total. The number of H-pyrrole nitrogens is 1. The molecule has 8 heteroatoms. The number of benzene rings is 1. The lowest BCUT2D eigenvalue weighted by atomic mass is 10.3. The molecule has 0 radical (unpaired) electrons. The Kier molecular flexibility index (Phi) is 5.72. The van der Waals surface area contributed by atoms with E-state index in [-0.39, 0.29) is 11.6 Å². The second kappa shape index (κ2) is 7.37. The normalized spacial score (nSPS) is 12.6. The summed E-state index contributed by atoms with van der Waals surface area (Å²) in [6, 6.07) is 4.48. The highest BCUT2D eigenvalue weighted by atomic mass is 32.2. The third kappa shape index (κ3) is 4.98. The van der Waals surface area contributed by atoms with Crippen LogP contribution in [0, 0.1) is 5.82 Å². The van der Waals surface area contributed by atoms with Crippen molar-refractivity contribution in [2.24, 2.45) is 0 Å². The molecule has 0 unspecified atom stereocenters. The lowest BCUT2D eigenvalue weighted by molar-refractivity contribution is 0.336. The largest absolute Gasteiger partial charge is 0.342 e. The van der Waals surface area contributed by atoms with Crippen LogP contribution < -0.4 is 0 Å². The van der Waals surface area contributed by atoms with E-state index in [0.717, 1.165) is 17.9 Å². The fourth-order valence-corrected chi connectivity index (χ4v) is 3.12. The molecule has 0 bridgehead atoms. The Morgan fingerprint density at radius 2 is 1.96 bits per heavy atom. The summed E-state index contributed by atoms with van der Waals surface area (Å²) in [6.07, 6.45) is 1.29. The second-order valence-electron chi connectivity index (χ2n) is 5.85. The van der Waals surface area contributed by atoms with Gasteiger partial charge in [0.2, 0.25) is 10.0 Å². The van der Waals surface area contributed by atoms with Gasteiger partial charge >= 0.3 is 0 Å². The molecule has 2 aromatic rings. The van der Waals surface area contributed by atoms with E-state index in [0.29, 0.717) is 24.9 Å². The molecule has 1 N–H and O–H groups in total. The van der Waals surface area contributed by atoms with E-state index in [4.69, 9.17) is 0 Å². The van der Waals surface area contributed by atoms with Gasteiger partial charge in [0.25, 0.3) is 0 Å². The van der Waals surface area contributed by atoms with Crippen LogP contribution >= 0.6 is 0 Å². The van der Waals surface area contributed by atoms with Gasteiger partial charge in [-0.15, -0.1) is 0 Å². The van der Waals surface area contributed by atoms with Crippen molar-refractivity contribution >= 4 is 21.1 Å². The maximum atomic E-state index is 13.1. The van der Waals surface area contributed by atoms with Gasteiger partial charge in [-0.05, 0) is 38.2 Å². The average Bonchev–Trinajstić information content (AvgIpc) is 2.86. The van der Waals surface area contributed by atoms with E-state index in [1.165, 1.54) is 16.4 Å². The summed E-state index contributed by atoms with van der Waals surface area (Å²) in [5.41, 5.74) is 1.45. The molecule has 128 valence electrons. The maximum Gasteiger partial charge on any atom is 0.213 e. The zero-order chi connectivity index (χ0) is 17.0. The molecular weight excluding hydrogens is 319 g/mol. The van der Waals surface area contributed by atoms with Crippen LogP contribution in [0.15, 0.2) is 18.2 Å². The number of imidazole rings is 1. The van der Waals surface area contributed by atoms with E-state index in [1.54, 1.807) is 20.2 Å². The Bertz CT molecular complexity index is 758. The number of hydrogen-bond acceptors (Lipinski definition) is 4. The summed E-state index contributed by atoms with van der Waals surface area (Å²) in [7, 11) is 1.91. The lowest BCUT2D eigenvalue weighted by Gasteiger charge is -2.17. The highest BCUT2D eigenvalue weighted by molar-refractivity contribution is 7.89. The molecule has 0 fully saturated rings. The fraction of sp³-hybridized carbons (Fsp3) is 0.533. The molecule has 0 atom stereocenters. The molecule has 0 aliphatic carbocycles. The van der Waals surface area contributed by atoms with E-state index in [9.17, 15) is 12.8 Å². The predicted octanol–water partition coefficient (Wildman–Crippen LogP) is 1.46. The van der Waals surface area contributed by atoms with Crippen molar-refractivity contribution in [1.29, 1.82) is 0 Å². The van der Waals surface area contributed by atoms with Crippen molar-refractivity contribution in [1.82, 2.24) is 19.2 Å². The summed E-state index contributed by atoms with van der Waals surface area (Å²) < 4.78 is 37.8. The third-order valence-corrected chi connectivity index (χ3v) is 5.64. The molecule has 1 aromatic heterocycles. The van der Waals surface area contributed by atoms with Crippen molar-refractivity contribution in [3.05, 3.63) is 29.8 Å². The van der Waals surface area contributed by atoms with Gasteiger partial charge in [0.1, 0.15) is 11.6 Å². The third-order valence-electron chi connectivity index (χ3n) is 3.72. The molecular formula is C15H23FN4O2S. The molecule has 0 amide bonds.